The number of carboxylic acids is 1. The van der Waals surface area contributed by atoms with Crippen LogP contribution in [0.5, 0.6) is 11.5 Å². The van der Waals surface area contributed by atoms with E-state index in [9.17, 15) is 9.59 Å². The highest BCUT2D eigenvalue weighted by Crippen LogP contribution is 2.37. The van der Waals surface area contributed by atoms with Crippen molar-refractivity contribution in [1.29, 1.82) is 0 Å². The van der Waals surface area contributed by atoms with E-state index in [1.807, 2.05) is 6.07 Å². The Bertz CT molecular complexity index is 541. The lowest BCUT2D eigenvalue weighted by atomic mass is 9.89. The van der Waals surface area contributed by atoms with Crippen molar-refractivity contribution >= 4 is 17.6 Å². The molecule has 2 N–H and O–H groups in total. The number of rotatable bonds is 5. The number of ether oxygens (including phenoxy) is 2. The van der Waals surface area contributed by atoms with E-state index in [4.69, 9.17) is 14.6 Å². The van der Waals surface area contributed by atoms with Crippen LogP contribution in [-0.2, 0) is 16.0 Å². The quantitative estimate of drug-likeness (QED) is 0.856. The molecule has 0 radical (unpaired) electrons. The number of carboxylic acid groups (broad SMARTS) is 1. The Morgan fingerprint density at radius 1 is 1.35 bits per heavy atom. The number of benzene rings is 1. The molecule has 1 heterocycles. The first-order valence-corrected chi connectivity index (χ1v) is 6.32. The normalized spacial score (nSPS) is 17.1. The monoisotopic (exact) mass is 279 g/mol. The lowest BCUT2D eigenvalue weighted by molar-refractivity contribution is -0.137. The lowest BCUT2D eigenvalue weighted by Crippen LogP contribution is -2.30. The van der Waals surface area contributed by atoms with Crippen LogP contribution in [0, 0.1) is 5.92 Å². The van der Waals surface area contributed by atoms with Crippen molar-refractivity contribution in [2.24, 2.45) is 5.92 Å². The van der Waals surface area contributed by atoms with Gasteiger partial charge in [0.05, 0.1) is 14.2 Å². The zero-order valence-electron chi connectivity index (χ0n) is 11.4. The molecule has 0 saturated carbocycles. The summed E-state index contributed by atoms with van der Waals surface area (Å²) in [6, 6.07) is 3.54. The molecule has 0 saturated heterocycles. The van der Waals surface area contributed by atoms with Gasteiger partial charge in [-0.2, -0.15) is 0 Å². The predicted molar refractivity (Wildman–Crippen MR) is 72.2 cm³/mol. The number of fused-ring (bicyclic) bond motifs is 1. The van der Waals surface area contributed by atoms with Crippen LogP contribution in [0.3, 0.4) is 0 Å². The van der Waals surface area contributed by atoms with Gasteiger partial charge in [0.25, 0.3) is 0 Å². The summed E-state index contributed by atoms with van der Waals surface area (Å²) in [5.41, 5.74) is 1.62. The van der Waals surface area contributed by atoms with Crippen molar-refractivity contribution in [2.45, 2.75) is 19.3 Å². The molecule has 1 aromatic carbocycles. The molecule has 0 aromatic heterocycles. The van der Waals surface area contributed by atoms with Crippen molar-refractivity contribution in [3.8, 4) is 11.5 Å². The van der Waals surface area contributed by atoms with Crippen LogP contribution in [0.1, 0.15) is 18.4 Å². The first-order chi connectivity index (χ1) is 9.55. The number of amides is 1. The highest BCUT2D eigenvalue weighted by atomic mass is 16.5. The molecule has 6 heteroatoms. The molecule has 1 aliphatic heterocycles. The summed E-state index contributed by atoms with van der Waals surface area (Å²) in [5, 5.41) is 11.5. The number of aliphatic carboxylic acids is 1. The molecule has 0 aliphatic carbocycles. The van der Waals surface area contributed by atoms with Gasteiger partial charge in [-0.3, -0.25) is 9.59 Å². The summed E-state index contributed by atoms with van der Waals surface area (Å²) >= 11 is 0. The maximum absolute atomic E-state index is 11.9. The molecular weight excluding hydrogens is 262 g/mol. The average Bonchev–Trinajstić information content (AvgIpc) is 2.43. The first-order valence-electron chi connectivity index (χ1n) is 6.32. The van der Waals surface area contributed by atoms with E-state index in [1.54, 1.807) is 13.2 Å². The Kier molecular flexibility index (Phi) is 4.12. The summed E-state index contributed by atoms with van der Waals surface area (Å²) in [5.74, 6) is -0.214. The minimum Gasteiger partial charge on any atom is -0.493 e. The van der Waals surface area contributed by atoms with Crippen LogP contribution in [0.2, 0.25) is 0 Å². The van der Waals surface area contributed by atoms with Crippen molar-refractivity contribution in [3.05, 3.63) is 17.7 Å². The van der Waals surface area contributed by atoms with Crippen molar-refractivity contribution in [3.63, 3.8) is 0 Å². The van der Waals surface area contributed by atoms with E-state index < -0.39 is 5.97 Å². The van der Waals surface area contributed by atoms with Gasteiger partial charge in [0.1, 0.15) is 0 Å². The minimum atomic E-state index is -0.893. The summed E-state index contributed by atoms with van der Waals surface area (Å²) in [6.07, 6.45) is 0.824. The highest BCUT2D eigenvalue weighted by Gasteiger charge is 2.27. The number of methoxy groups -OCH3 is 2. The standard InChI is InChI=1S/C14H17NO5/c1-19-11-6-9-5-8(3-4-13(16)17)14(18)15-10(9)7-12(11)20-2/h6-8H,3-5H2,1-2H3,(H,15,18)(H,16,17). The second-order valence-corrected chi connectivity index (χ2v) is 4.69. The fourth-order valence-corrected chi connectivity index (χ4v) is 2.33. The second kappa shape index (κ2) is 5.81. The van der Waals surface area contributed by atoms with Crippen molar-refractivity contribution in [2.75, 3.05) is 19.5 Å². The van der Waals surface area contributed by atoms with E-state index in [2.05, 4.69) is 5.32 Å². The SMILES string of the molecule is COc1cc2c(cc1OC)NC(=O)C(CCC(=O)O)C2. The second-order valence-electron chi connectivity index (χ2n) is 4.69. The third-order valence-electron chi connectivity index (χ3n) is 3.41. The van der Waals surface area contributed by atoms with Crippen molar-refractivity contribution < 1.29 is 24.2 Å². The van der Waals surface area contributed by atoms with Crippen LogP contribution >= 0.6 is 0 Å². The zero-order valence-corrected chi connectivity index (χ0v) is 11.4. The van der Waals surface area contributed by atoms with Crippen LogP contribution in [0.4, 0.5) is 5.69 Å². The summed E-state index contributed by atoms with van der Waals surface area (Å²) in [7, 11) is 3.08. The molecule has 2 rings (SSSR count). The van der Waals surface area contributed by atoms with Gasteiger partial charge in [0.15, 0.2) is 11.5 Å². The van der Waals surface area contributed by atoms with Gasteiger partial charge in [0.2, 0.25) is 5.91 Å². The molecule has 1 amide bonds. The number of anilines is 1. The first kappa shape index (κ1) is 14.2. The number of carbonyl (C=O) groups excluding carboxylic acids is 1. The lowest BCUT2D eigenvalue weighted by Gasteiger charge is -2.25. The molecule has 1 aromatic rings. The van der Waals surface area contributed by atoms with E-state index in [1.165, 1.54) is 7.11 Å². The van der Waals surface area contributed by atoms with E-state index in [0.29, 0.717) is 30.0 Å². The fourth-order valence-electron chi connectivity index (χ4n) is 2.33. The molecule has 1 unspecified atom stereocenters. The smallest absolute Gasteiger partial charge is 0.303 e. The Hall–Kier alpha value is -2.24. The highest BCUT2D eigenvalue weighted by molar-refractivity contribution is 5.96. The maximum atomic E-state index is 11.9. The Morgan fingerprint density at radius 2 is 2.00 bits per heavy atom. The Balaban J connectivity index is 2.23. The Morgan fingerprint density at radius 3 is 2.60 bits per heavy atom. The molecule has 0 fully saturated rings. The number of hydrogen-bond acceptors (Lipinski definition) is 4. The van der Waals surface area contributed by atoms with Crippen LogP contribution in [0.25, 0.3) is 0 Å². The molecular formula is C14H17NO5. The largest absolute Gasteiger partial charge is 0.493 e. The molecule has 0 spiro atoms. The maximum Gasteiger partial charge on any atom is 0.303 e. The number of nitrogens with one attached hydrogen (secondary N) is 1. The molecule has 108 valence electrons. The van der Waals surface area contributed by atoms with Gasteiger partial charge in [-0.25, -0.2) is 0 Å². The molecule has 6 nitrogen and oxygen atoms in total. The van der Waals surface area contributed by atoms with Gasteiger partial charge in [0, 0.05) is 24.1 Å². The molecule has 1 aliphatic rings. The average molecular weight is 279 g/mol. The van der Waals surface area contributed by atoms with Gasteiger partial charge in [-0.15, -0.1) is 0 Å². The van der Waals surface area contributed by atoms with E-state index in [0.717, 1.165) is 5.56 Å². The number of hydrogen-bond donors (Lipinski definition) is 2. The van der Waals surface area contributed by atoms with Crippen molar-refractivity contribution in [1.82, 2.24) is 0 Å². The van der Waals surface area contributed by atoms with Crippen LogP contribution in [-0.4, -0.2) is 31.2 Å². The molecule has 1 atom stereocenters. The van der Waals surface area contributed by atoms with Gasteiger partial charge < -0.3 is 19.9 Å². The van der Waals surface area contributed by atoms with E-state index in [-0.39, 0.29) is 18.2 Å². The topological polar surface area (TPSA) is 84.9 Å². The Labute approximate surface area is 116 Å². The molecule has 0 bridgehead atoms. The van der Waals surface area contributed by atoms with Gasteiger partial charge >= 0.3 is 5.97 Å². The number of carbonyl (C=O) groups is 2. The minimum absolute atomic E-state index is 0.0132. The predicted octanol–water partition coefficient (Wildman–Crippen LogP) is 1.68. The van der Waals surface area contributed by atoms with Crippen LogP contribution in [0.15, 0.2) is 12.1 Å². The van der Waals surface area contributed by atoms with E-state index >= 15 is 0 Å². The van der Waals surface area contributed by atoms with Crippen LogP contribution < -0.4 is 14.8 Å². The van der Waals surface area contributed by atoms with Gasteiger partial charge in [-0.05, 0) is 24.5 Å². The third-order valence-corrected chi connectivity index (χ3v) is 3.41. The van der Waals surface area contributed by atoms with Gasteiger partial charge in [-0.1, -0.05) is 0 Å². The summed E-state index contributed by atoms with van der Waals surface area (Å²) < 4.78 is 10.4. The summed E-state index contributed by atoms with van der Waals surface area (Å²) in [6.45, 7) is 0. The summed E-state index contributed by atoms with van der Waals surface area (Å²) in [4.78, 5) is 22.6. The zero-order chi connectivity index (χ0) is 14.7. The molecule has 20 heavy (non-hydrogen) atoms. The third kappa shape index (κ3) is 2.84. The fraction of sp³-hybridized carbons (Fsp3) is 0.429.